The van der Waals surface area contributed by atoms with E-state index >= 15 is 0 Å². The van der Waals surface area contributed by atoms with Crippen LogP contribution in [-0.4, -0.2) is 58.1 Å². The van der Waals surface area contributed by atoms with Crippen LogP contribution in [0.3, 0.4) is 0 Å². The van der Waals surface area contributed by atoms with Crippen molar-refractivity contribution < 1.29 is 21.6 Å². The number of rotatable bonds is 7. The highest BCUT2D eigenvalue weighted by molar-refractivity contribution is 7.89. The van der Waals surface area contributed by atoms with Gasteiger partial charge in [-0.2, -0.15) is 4.31 Å². The van der Waals surface area contributed by atoms with Crippen LogP contribution >= 0.6 is 0 Å². The molecule has 2 aliphatic heterocycles. The van der Waals surface area contributed by atoms with Gasteiger partial charge >= 0.3 is 0 Å². The molecule has 2 heterocycles. The Balaban J connectivity index is 1.42. The maximum absolute atomic E-state index is 12.7. The van der Waals surface area contributed by atoms with Gasteiger partial charge in [0.15, 0.2) is 0 Å². The average Bonchev–Trinajstić information content (AvgIpc) is 3.39. The molecule has 2 fully saturated rings. The lowest BCUT2D eigenvalue weighted by Gasteiger charge is -2.26. The number of sulfonamides is 2. The molecule has 0 radical (unpaired) electrons. The van der Waals surface area contributed by atoms with Gasteiger partial charge in [-0.15, -0.1) is 0 Å². The monoisotopic (exact) mass is 491 g/mol. The fraction of sp³-hybridized carbons (Fsp3) is 0.435. The number of hydrogen-bond donors (Lipinski definition) is 1. The largest absolute Gasteiger partial charge is 0.339 e. The Morgan fingerprint density at radius 3 is 2.06 bits per heavy atom. The van der Waals surface area contributed by atoms with E-state index in [0.29, 0.717) is 24.2 Å². The van der Waals surface area contributed by atoms with E-state index in [4.69, 9.17) is 0 Å². The molecule has 2 saturated heterocycles. The highest BCUT2D eigenvalue weighted by atomic mass is 32.2. The van der Waals surface area contributed by atoms with Crippen molar-refractivity contribution in [1.82, 2.24) is 13.9 Å². The van der Waals surface area contributed by atoms with Gasteiger partial charge in [0.25, 0.3) is 5.91 Å². The van der Waals surface area contributed by atoms with Crippen molar-refractivity contribution >= 4 is 26.0 Å². The molecule has 4 rings (SSSR count). The van der Waals surface area contributed by atoms with Crippen LogP contribution in [0.25, 0.3) is 0 Å². The zero-order valence-corrected chi connectivity index (χ0v) is 20.1. The molecule has 178 valence electrons. The number of amides is 1. The molecule has 0 atom stereocenters. The molecule has 0 spiro atoms. The molecule has 8 nitrogen and oxygen atoms in total. The van der Waals surface area contributed by atoms with Crippen LogP contribution in [0.5, 0.6) is 0 Å². The molecule has 2 aromatic rings. The first-order chi connectivity index (χ1) is 15.8. The van der Waals surface area contributed by atoms with E-state index in [0.717, 1.165) is 45.2 Å². The van der Waals surface area contributed by atoms with Crippen LogP contribution in [0.4, 0.5) is 0 Å². The predicted molar refractivity (Wildman–Crippen MR) is 125 cm³/mol. The van der Waals surface area contributed by atoms with E-state index in [1.807, 2.05) is 4.90 Å². The average molecular weight is 492 g/mol. The summed E-state index contributed by atoms with van der Waals surface area (Å²) in [7, 11) is -7.44. The van der Waals surface area contributed by atoms with Gasteiger partial charge in [0.2, 0.25) is 20.0 Å². The van der Waals surface area contributed by atoms with Crippen molar-refractivity contribution in [3.63, 3.8) is 0 Å². The van der Waals surface area contributed by atoms with Crippen LogP contribution < -0.4 is 4.72 Å². The number of hydrogen-bond acceptors (Lipinski definition) is 5. The summed E-state index contributed by atoms with van der Waals surface area (Å²) in [5.74, 6) is -0.0331. The molecule has 1 N–H and O–H groups in total. The zero-order chi connectivity index (χ0) is 23.5. The van der Waals surface area contributed by atoms with E-state index in [2.05, 4.69) is 4.72 Å². The molecule has 0 aliphatic carbocycles. The van der Waals surface area contributed by atoms with Crippen molar-refractivity contribution in [3.8, 4) is 0 Å². The van der Waals surface area contributed by atoms with Crippen molar-refractivity contribution in [3.05, 3.63) is 59.7 Å². The smallest absolute Gasteiger partial charge is 0.253 e. The first-order valence-corrected chi connectivity index (χ1v) is 14.2. The minimum atomic E-state index is -3.85. The van der Waals surface area contributed by atoms with E-state index in [9.17, 15) is 21.6 Å². The Bertz CT molecular complexity index is 1200. The van der Waals surface area contributed by atoms with Gasteiger partial charge in [0.05, 0.1) is 9.79 Å². The standard InChI is InChI=1S/C23H29N3O5S2/c27-23(25-13-2-1-3-14-25)20-8-6-7-19(17-20)18-24-32(28,29)21-9-11-22(12-10-21)33(30,31)26-15-4-5-16-26/h6-12,17,24H,1-5,13-16,18H2. The molecule has 2 aliphatic rings. The highest BCUT2D eigenvalue weighted by Gasteiger charge is 2.27. The van der Waals surface area contributed by atoms with Gasteiger partial charge < -0.3 is 4.90 Å². The van der Waals surface area contributed by atoms with E-state index in [1.54, 1.807) is 24.3 Å². The molecule has 33 heavy (non-hydrogen) atoms. The van der Waals surface area contributed by atoms with Gasteiger partial charge in [-0.25, -0.2) is 21.6 Å². The highest BCUT2D eigenvalue weighted by Crippen LogP contribution is 2.22. The molecule has 1 amide bonds. The van der Waals surface area contributed by atoms with Crippen molar-refractivity contribution in [2.24, 2.45) is 0 Å². The quantitative estimate of drug-likeness (QED) is 0.641. The second-order valence-electron chi connectivity index (χ2n) is 8.46. The van der Waals surface area contributed by atoms with Gasteiger partial charge in [-0.05, 0) is 74.1 Å². The molecule has 2 aromatic carbocycles. The summed E-state index contributed by atoms with van der Waals surface area (Å²) >= 11 is 0. The van der Waals surface area contributed by atoms with Gasteiger partial charge in [0, 0.05) is 38.3 Å². The number of carbonyl (C=O) groups excluding carboxylic acids is 1. The zero-order valence-electron chi connectivity index (χ0n) is 18.4. The number of benzene rings is 2. The molecular formula is C23H29N3O5S2. The summed E-state index contributed by atoms with van der Waals surface area (Å²) in [5.41, 5.74) is 1.22. The van der Waals surface area contributed by atoms with Gasteiger partial charge in [-0.3, -0.25) is 4.79 Å². The first-order valence-electron chi connectivity index (χ1n) is 11.3. The van der Waals surface area contributed by atoms with Crippen LogP contribution in [0.2, 0.25) is 0 Å². The van der Waals surface area contributed by atoms with Crippen molar-refractivity contribution in [2.75, 3.05) is 26.2 Å². The minimum absolute atomic E-state index is 0.0107. The van der Waals surface area contributed by atoms with Crippen LogP contribution in [0, 0.1) is 0 Å². The number of nitrogens with one attached hydrogen (secondary N) is 1. The van der Waals surface area contributed by atoms with E-state index in [-0.39, 0.29) is 22.2 Å². The third-order valence-corrected chi connectivity index (χ3v) is 9.45. The fourth-order valence-corrected chi connectivity index (χ4v) is 6.76. The van der Waals surface area contributed by atoms with Gasteiger partial charge in [0.1, 0.15) is 0 Å². The molecule has 0 saturated carbocycles. The summed E-state index contributed by atoms with van der Waals surface area (Å²) in [4.78, 5) is 14.6. The second-order valence-corrected chi connectivity index (χ2v) is 12.2. The Hall–Kier alpha value is -2.27. The van der Waals surface area contributed by atoms with Crippen LogP contribution in [-0.2, 0) is 26.6 Å². The molecule has 0 bridgehead atoms. The van der Waals surface area contributed by atoms with Gasteiger partial charge in [-0.1, -0.05) is 12.1 Å². The molecule has 0 aromatic heterocycles. The summed E-state index contributed by atoms with van der Waals surface area (Å²) in [6.07, 6.45) is 4.81. The number of piperidine rings is 1. The minimum Gasteiger partial charge on any atom is -0.339 e. The molecular weight excluding hydrogens is 462 g/mol. The normalized spacial score (nSPS) is 17.9. The van der Waals surface area contributed by atoms with E-state index < -0.39 is 20.0 Å². The molecule has 0 unspecified atom stereocenters. The number of carbonyl (C=O) groups is 1. The predicted octanol–water partition coefficient (Wildman–Crippen LogP) is 2.58. The summed E-state index contributed by atoms with van der Waals surface area (Å²) < 4.78 is 54.7. The number of likely N-dealkylation sites (tertiary alicyclic amines) is 1. The fourth-order valence-electron chi connectivity index (χ4n) is 4.22. The summed E-state index contributed by atoms with van der Waals surface area (Å²) in [5, 5.41) is 0. The summed E-state index contributed by atoms with van der Waals surface area (Å²) in [6, 6.07) is 12.3. The Labute approximate surface area is 195 Å². The van der Waals surface area contributed by atoms with Crippen LogP contribution in [0.1, 0.15) is 48.0 Å². The topological polar surface area (TPSA) is 104 Å². The van der Waals surface area contributed by atoms with Crippen molar-refractivity contribution in [1.29, 1.82) is 0 Å². The Kier molecular flexibility index (Phi) is 7.18. The first kappa shape index (κ1) is 23.9. The lowest BCUT2D eigenvalue weighted by molar-refractivity contribution is 0.0724. The third kappa shape index (κ3) is 5.46. The SMILES string of the molecule is O=C(c1cccc(CNS(=O)(=O)c2ccc(S(=O)(=O)N3CCCC3)cc2)c1)N1CCCCC1. The number of nitrogens with zero attached hydrogens (tertiary/aromatic N) is 2. The Morgan fingerprint density at radius 2 is 1.39 bits per heavy atom. The maximum Gasteiger partial charge on any atom is 0.253 e. The van der Waals surface area contributed by atoms with Crippen molar-refractivity contribution in [2.45, 2.75) is 48.4 Å². The third-order valence-electron chi connectivity index (χ3n) is 6.12. The van der Waals surface area contributed by atoms with E-state index in [1.165, 1.54) is 28.6 Å². The maximum atomic E-state index is 12.7. The molecule has 10 heteroatoms. The second kappa shape index (κ2) is 9.92. The lowest BCUT2D eigenvalue weighted by atomic mass is 10.1. The lowest BCUT2D eigenvalue weighted by Crippen LogP contribution is -2.35. The van der Waals surface area contributed by atoms with Crippen LogP contribution in [0.15, 0.2) is 58.3 Å². The summed E-state index contributed by atoms with van der Waals surface area (Å²) in [6.45, 7) is 2.50. The Morgan fingerprint density at radius 1 is 0.788 bits per heavy atom.